The minimum absolute atomic E-state index is 0.0262. The summed E-state index contributed by atoms with van der Waals surface area (Å²) in [6.07, 6.45) is 4.32. The predicted octanol–water partition coefficient (Wildman–Crippen LogP) is 3.13. The highest BCUT2D eigenvalue weighted by molar-refractivity contribution is 7.09. The maximum Gasteiger partial charge on any atom is 0.271 e. The summed E-state index contributed by atoms with van der Waals surface area (Å²) in [7, 11) is 0. The quantitative estimate of drug-likeness (QED) is 0.620. The van der Waals surface area contributed by atoms with Gasteiger partial charge in [-0.15, -0.1) is 11.3 Å². The Balaban J connectivity index is 1.67. The number of thiazole rings is 1. The van der Waals surface area contributed by atoms with Crippen molar-refractivity contribution in [3.8, 4) is 0 Å². The van der Waals surface area contributed by atoms with Crippen LogP contribution in [-0.4, -0.2) is 26.8 Å². The van der Waals surface area contributed by atoms with E-state index in [9.17, 15) is 14.0 Å². The lowest BCUT2D eigenvalue weighted by molar-refractivity contribution is 0.0920. The summed E-state index contributed by atoms with van der Waals surface area (Å²) < 4.78 is 13.0. The minimum Gasteiger partial charge on any atom is -0.347 e. The van der Waals surface area contributed by atoms with Crippen molar-refractivity contribution in [2.24, 2.45) is 5.92 Å². The van der Waals surface area contributed by atoms with Crippen LogP contribution in [0.3, 0.4) is 0 Å². The van der Waals surface area contributed by atoms with Gasteiger partial charge in [-0.05, 0) is 35.7 Å². The Kier molecular flexibility index (Phi) is 6.61. The van der Waals surface area contributed by atoms with Gasteiger partial charge in [0.05, 0.1) is 12.2 Å². The SMILES string of the molecule is CC(C)[C@H](NC(=O)c1ccc(F)cn1)c1nc(C(=O)NCc2ccncc2)cs1. The second-order valence-corrected chi connectivity index (χ2v) is 7.56. The van der Waals surface area contributed by atoms with Crippen LogP contribution in [0.25, 0.3) is 0 Å². The van der Waals surface area contributed by atoms with Gasteiger partial charge in [0.15, 0.2) is 0 Å². The molecule has 0 aliphatic rings. The van der Waals surface area contributed by atoms with Gasteiger partial charge in [0.2, 0.25) is 0 Å². The molecule has 0 radical (unpaired) electrons. The number of hydrogen-bond donors (Lipinski definition) is 2. The summed E-state index contributed by atoms with van der Waals surface area (Å²) in [5.74, 6) is -1.21. The van der Waals surface area contributed by atoms with Crippen LogP contribution in [0.5, 0.6) is 0 Å². The van der Waals surface area contributed by atoms with Gasteiger partial charge in [-0.25, -0.2) is 14.4 Å². The number of aromatic nitrogens is 3. The van der Waals surface area contributed by atoms with E-state index in [-0.39, 0.29) is 17.5 Å². The fourth-order valence-electron chi connectivity index (χ4n) is 2.55. The van der Waals surface area contributed by atoms with E-state index in [2.05, 4.69) is 25.6 Å². The molecule has 3 aromatic heterocycles. The third-order valence-corrected chi connectivity index (χ3v) is 5.06. The second-order valence-electron chi connectivity index (χ2n) is 6.67. The van der Waals surface area contributed by atoms with E-state index in [1.54, 1.807) is 17.8 Å². The van der Waals surface area contributed by atoms with Crippen LogP contribution >= 0.6 is 11.3 Å². The van der Waals surface area contributed by atoms with Crippen LogP contribution in [-0.2, 0) is 6.54 Å². The van der Waals surface area contributed by atoms with Crippen LogP contribution in [0.4, 0.5) is 4.39 Å². The van der Waals surface area contributed by atoms with E-state index in [1.807, 2.05) is 26.0 Å². The molecule has 3 rings (SSSR count). The van der Waals surface area contributed by atoms with Crippen LogP contribution in [0.15, 0.2) is 48.2 Å². The van der Waals surface area contributed by atoms with Crippen LogP contribution in [0.1, 0.15) is 51.4 Å². The number of amides is 2. The molecule has 0 aromatic carbocycles. The first-order chi connectivity index (χ1) is 13.9. The van der Waals surface area contributed by atoms with Crippen molar-refractivity contribution >= 4 is 23.2 Å². The molecule has 150 valence electrons. The summed E-state index contributed by atoms with van der Waals surface area (Å²) in [5.41, 5.74) is 1.34. The maximum atomic E-state index is 13.0. The average Bonchev–Trinajstić information content (AvgIpc) is 3.21. The Morgan fingerprint density at radius 1 is 1.10 bits per heavy atom. The normalized spacial score (nSPS) is 11.9. The molecule has 0 spiro atoms. The zero-order chi connectivity index (χ0) is 20.8. The van der Waals surface area contributed by atoms with Crippen molar-refractivity contribution in [2.75, 3.05) is 0 Å². The smallest absolute Gasteiger partial charge is 0.271 e. The molecular formula is C20H20FN5O2S. The first-order valence-electron chi connectivity index (χ1n) is 8.99. The first-order valence-corrected chi connectivity index (χ1v) is 9.87. The summed E-state index contributed by atoms with van der Waals surface area (Å²) in [4.78, 5) is 37.0. The zero-order valence-electron chi connectivity index (χ0n) is 15.9. The van der Waals surface area contributed by atoms with Gasteiger partial charge in [-0.2, -0.15) is 0 Å². The lowest BCUT2D eigenvalue weighted by atomic mass is 10.0. The van der Waals surface area contributed by atoms with Gasteiger partial charge in [-0.3, -0.25) is 14.6 Å². The molecule has 2 amide bonds. The summed E-state index contributed by atoms with van der Waals surface area (Å²) in [6.45, 7) is 4.25. The molecule has 0 saturated carbocycles. The summed E-state index contributed by atoms with van der Waals surface area (Å²) in [6, 6.07) is 5.74. The molecule has 2 N–H and O–H groups in total. The van der Waals surface area contributed by atoms with E-state index in [4.69, 9.17) is 0 Å². The highest BCUT2D eigenvalue weighted by Crippen LogP contribution is 2.25. The highest BCUT2D eigenvalue weighted by atomic mass is 32.1. The van der Waals surface area contributed by atoms with Gasteiger partial charge in [0.25, 0.3) is 11.8 Å². The van der Waals surface area contributed by atoms with Crippen LogP contribution in [0, 0.1) is 11.7 Å². The van der Waals surface area contributed by atoms with Gasteiger partial charge in [0, 0.05) is 24.3 Å². The number of rotatable bonds is 7. The molecule has 0 fully saturated rings. The molecule has 7 nitrogen and oxygen atoms in total. The van der Waals surface area contributed by atoms with E-state index in [0.717, 1.165) is 11.8 Å². The van der Waals surface area contributed by atoms with Gasteiger partial charge in [0.1, 0.15) is 22.2 Å². The summed E-state index contributed by atoms with van der Waals surface area (Å²) >= 11 is 1.30. The highest BCUT2D eigenvalue weighted by Gasteiger charge is 2.24. The van der Waals surface area contributed by atoms with Crippen molar-refractivity contribution in [3.05, 3.63) is 76.0 Å². The lowest BCUT2D eigenvalue weighted by Gasteiger charge is -2.20. The number of carbonyl (C=O) groups is 2. The Labute approximate surface area is 171 Å². The zero-order valence-corrected chi connectivity index (χ0v) is 16.7. The molecule has 1 atom stereocenters. The molecule has 9 heteroatoms. The Morgan fingerprint density at radius 2 is 1.86 bits per heavy atom. The van der Waals surface area contributed by atoms with Gasteiger partial charge < -0.3 is 10.6 Å². The number of nitrogens with one attached hydrogen (secondary N) is 2. The predicted molar refractivity (Wildman–Crippen MR) is 107 cm³/mol. The molecule has 3 aromatic rings. The Hall–Kier alpha value is -3.20. The van der Waals surface area contributed by atoms with E-state index in [0.29, 0.717) is 17.2 Å². The Morgan fingerprint density at radius 3 is 2.52 bits per heavy atom. The maximum absolute atomic E-state index is 13.0. The summed E-state index contributed by atoms with van der Waals surface area (Å²) in [5, 5.41) is 7.95. The molecular weight excluding hydrogens is 393 g/mol. The number of carbonyl (C=O) groups excluding carboxylic acids is 2. The Bertz CT molecular complexity index is 976. The molecule has 0 aliphatic carbocycles. The number of hydrogen-bond acceptors (Lipinski definition) is 6. The molecule has 0 saturated heterocycles. The lowest BCUT2D eigenvalue weighted by Crippen LogP contribution is -2.32. The largest absolute Gasteiger partial charge is 0.347 e. The standard InChI is InChI=1S/C20H20FN5O2S/c1-12(2)17(26-19(28)15-4-3-14(21)10-23-15)20-25-16(11-29-20)18(27)24-9-13-5-7-22-8-6-13/h3-8,10-12,17H,9H2,1-2H3,(H,24,27)(H,26,28)/t17-/m0/s1. The second kappa shape index (κ2) is 9.33. The third-order valence-electron chi connectivity index (χ3n) is 4.14. The average molecular weight is 413 g/mol. The van der Waals surface area contributed by atoms with Crippen molar-refractivity contribution in [1.29, 1.82) is 0 Å². The van der Waals surface area contributed by atoms with E-state index >= 15 is 0 Å². The van der Waals surface area contributed by atoms with Gasteiger partial charge in [-0.1, -0.05) is 13.8 Å². The fraction of sp³-hybridized carbons (Fsp3) is 0.250. The number of pyridine rings is 2. The third kappa shape index (κ3) is 5.41. The monoisotopic (exact) mass is 413 g/mol. The van der Waals surface area contributed by atoms with E-state index < -0.39 is 17.8 Å². The molecule has 29 heavy (non-hydrogen) atoms. The molecule has 0 aliphatic heterocycles. The molecule has 0 unspecified atom stereocenters. The van der Waals surface area contributed by atoms with Gasteiger partial charge >= 0.3 is 0 Å². The number of halogens is 1. The number of nitrogens with zero attached hydrogens (tertiary/aromatic N) is 3. The van der Waals surface area contributed by atoms with Crippen LogP contribution < -0.4 is 10.6 Å². The topological polar surface area (TPSA) is 96.9 Å². The van der Waals surface area contributed by atoms with E-state index in [1.165, 1.54) is 23.5 Å². The fourth-order valence-corrected chi connectivity index (χ4v) is 3.57. The van der Waals surface area contributed by atoms with Crippen molar-refractivity contribution in [3.63, 3.8) is 0 Å². The molecule has 3 heterocycles. The van der Waals surface area contributed by atoms with Crippen molar-refractivity contribution < 1.29 is 14.0 Å². The first kappa shape index (κ1) is 20.5. The van der Waals surface area contributed by atoms with Crippen LogP contribution in [0.2, 0.25) is 0 Å². The van der Waals surface area contributed by atoms with Crippen molar-refractivity contribution in [1.82, 2.24) is 25.6 Å². The van der Waals surface area contributed by atoms with Crippen molar-refractivity contribution in [2.45, 2.75) is 26.4 Å². The molecule has 0 bridgehead atoms. The minimum atomic E-state index is -0.510.